The van der Waals surface area contributed by atoms with E-state index in [1.165, 1.54) is 19.3 Å². The third-order valence-corrected chi connectivity index (χ3v) is 2.72. The zero-order valence-corrected chi connectivity index (χ0v) is 10.1. The molecule has 2 rings (SSSR count). The van der Waals surface area contributed by atoms with E-state index in [1.54, 1.807) is 0 Å². The molecule has 0 amide bonds. The molecule has 0 radical (unpaired) electrons. The molecule has 0 aliphatic carbocycles. The van der Waals surface area contributed by atoms with Gasteiger partial charge in [0.25, 0.3) is 0 Å². The summed E-state index contributed by atoms with van der Waals surface area (Å²) in [5.74, 6) is 0.796. The van der Waals surface area contributed by atoms with Crippen molar-refractivity contribution in [2.45, 2.75) is 39.7 Å². The van der Waals surface area contributed by atoms with E-state index in [2.05, 4.69) is 24.0 Å². The molecule has 86 valence electrons. The number of rotatable bonds is 5. The molecule has 0 aliphatic heterocycles. The Labute approximate surface area is 96.5 Å². The van der Waals surface area contributed by atoms with E-state index in [1.807, 2.05) is 29.1 Å². The summed E-state index contributed by atoms with van der Waals surface area (Å²) < 4.78 is 0. The van der Waals surface area contributed by atoms with Gasteiger partial charge in [0, 0.05) is 0 Å². The highest BCUT2D eigenvalue weighted by Gasteiger charge is 2.01. The number of aryl methyl sites for hydroxylation is 1. The Hall–Kier alpha value is -1.38. The topological polar surface area (TPSA) is 30.7 Å². The number of fused-ring (bicyclic) bond motifs is 1. The van der Waals surface area contributed by atoms with Gasteiger partial charge in [0.15, 0.2) is 0 Å². The monoisotopic (exact) mass is 217 g/mol. The van der Waals surface area contributed by atoms with E-state index >= 15 is 0 Å². The van der Waals surface area contributed by atoms with Crippen molar-refractivity contribution in [3.05, 3.63) is 24.3 Å². The van der Waals surface area contributed by atoms with Gasteiger partial charge in [-0.05, 0) is 24.5 Å². The van der Waals surface area contributed by atoms with Crippen molar-refractivity contribution >= 4 is 11.0 Å². The minimum atomic E-state index is 0.796. The van der Waals surface area contributed by atoms with E-state index in [4.69, 9.17) is 0 Å². The first-order chi connectivity index (χ1) is 7.75. The summed E-state index contributed by atoms with van der Waals surface area (Å²) in [6.45, 7) is 5.46. The minimum absolute atomic E-state index is 0.796. The molecule has 1 aromatic carbocycles. The molecule has 0 atom stereocenters. The number of unbranched alkanes of at least 4 members (excludes halogenated alkanes) is 1. The molecule has 3 nitrogen and oxygen atoms in total. The van der Waals surface area contributed by atoms with Gasteiger partial charge in [-0.1, -0.05) is 38.8 Å². The Balaban J connectivity index is 1.89. The molecular weight excluding hydrogens is 198 g/mol. The standard InChI is InChI=1S/C13H19N3/c1-11(2)7-5-6-10-16-14-12-8-3-4-9-13(12)15-16/h3-4,8-9,11H,5-7,10H2,1-2H3. The van der Waals surface area contributed by atoms with Crippen molar-refractivity contribution in [3.8, 4) is 0 Å². The molecule has 2 aromatic rings. The van der Waals surface area contributed by atoms with Gasteiger partial charge in [-0.15, -0.1) is 0 Å². The lowest BCUT2D eigenvalue weighted by atomic mass is 10.1. The molecule has 3 heteroatoms. The maximum atomic E-state index is 4.43. The first-order valence-electron chi connectivity index (χ1n) is 6.05. The van der Waals surface area contributed by atoms with Gasteiger partial charge in [-0.3, -0.25) is 0 Å². The van der Waals surface area contributed by atoms with Crippen molar-refractivity contribution in [1.29, 1.82) is 0 Å². The lowest BCUT2D eigenvalue weighted by Gasteiger charge is -2.03. The minimum Gasteiger partial charge on any atom is -0.184 e. The molecule has 0 unspecified atom stereocenters. The van der Waals surface area contributed by atoms with Gasteiger partial charge in [0.05, 0.1) is 6.54 Å². The quantitative estimate of drug-likeness (QED) is 0.720. The summed E-state index contributed by atoms with van der Waals surface area (Å²) in [6, 6.07) is 8.01. The molecule has 1 aromatic heterocycles. The predicted molar refractivity (Wildman–Crippen MR) is 66.2 cm³/mol. The van der Waals surface area contributed by atoms with Crippen LogP contribution in [0.25, 0.3) is 11.0 Å². The molecule has 16 heavy (non-hydrogen) atoms. The van der Waals surface area contributed by atoms with Gasteiger partial charge in [0.1, 0.15) is 11.0 Å². The maximum absolute atomic E-state index is 4.43. The fraction of sp³-hybridized carbons (Fsp3) is 0.538. The highest BCUT2D eigenvalue weighted by molar-refractivity contribution is 5.72. The SMILES string of the molecule is CC(C)CCCCn1nc2ccccc2n1. The van der Waals surface area contributed by atoms with Crippen LogP contribution in [0.5, 0.6) is 0 Å². The summed E-state index contributed by atoms with van der Waals surface area (Å²) >= 11 is 0. The van der Waals surface area contributed by atoms with Crippen LogP contribution >= 0.6 is 0 Å². The number of benzene rings is 1. The van der Waals surface area contributed by atoms with Gasteiger partial charge in [0.2, 0.25) is 0 Å². The molecule has 0 saturated heterocycles. The van der Waals surface area contributed by atoms with Crippen LogP contribution in [0.4, 0.5) is 0 Å². The number of aromatic nitrogens is 3. The third-order valence-electron chi connectivity index (χ3n) is 2.72. The van der Waals surface area contributed by atoms with Crippen molar-refractivity contribution in [2.24, 2.45) is 5.92 Å². The predicted octanol–water partition coefficient (Wildman–Crippen LogP) is 3.26. The van der Waals surface area contributed by atoms with Crippen LogP contribution < -0.4 is 0 Å². The average Bonchev–Trinajstić information content (AvgIpc) is 2.66. The van der Waals surface area contributed by atoms with Gasteiger partial charge in [-0.2, -0.15) is 15.0 Å². The van der Waals surface area contributed by atoms with Gasteiger partial charge >= 0.3 is 0 Å². The third kappa shape index (κ3) is 2.81. The van der Waals surface area contributed by atoms with Crippen LogP contribution in [0.1, 0.15) is 33.1 Å². The fourth-order valence-electron chi connectivity index (χ4n) is 1.81. The normalized spacial score (nSPS) is 11.4. The average molecular weight is 217 g/mol. The summed E-state index contributed by atoms with van der Waals surface area (Å²) in [5.41, 5.74) is 1.98. The molecule has 0 bridgehead atoms. The van der Waals surface area contributed by atoms with Crippen LogP contribution in [0.2, 0.25) is 0 Å². The molecule has 0 fully saturated rings. The molecule has 0 spiro atoms. The van der Waals surface area contributed by atoms with E-state index in [-0.39, 0.29) is 0 Å². The zero-order valence-electron chi connectivity index (χ0n) is 10.1. The van der Waals surface area contributed by atoms with Crippen molar-refractivity contribution in [2.75, 3.05) is 0 Å². The fourth-order valence-corrected chi connectivity index (χ4v) is 1.81. The van der Waals surface area contributed by atoms with Crippen LogP contribution in [-0.2, 0) is 6.54 Å². The Bertz CT molecular complexity index is 412. The van der Waals surface area contributed by atoms with Gasteiger partial charge in [-0.25, -0.2) is 0 Å². The smallest absolute Gasteiger partial charge is 0.113 e. The Kier molecular flexibility index (Phi) is 3.54. The van der Waals surface area contributed by atoms with Crippen molar-refractivity contribution in [3.63, 3.8) is 0 Å². The zero-order chi connectivity index (χ0) is 11.4. The summed E-state index contributed by atoms with van der Waals surface area (Å²) in [6.07, 6.45) is 3.72. The first-order valence-corrected chi connectivity index (χ1v) is 6.05. The largest absolute Gasteiger partial charge is 0.184 e. The summed E-state index contributed by atoms with van der Waals surface area (Å²) in [5, 5.41) is 8.87. The van der Waals surface area contributed by atoms with E-state index in [0.717, 1.165) is 23.5 Å². The number of hydrogen-bond donors (Lipinski definition) is 0. The van der Waals surface area contributed by atoms with E-state index in [0.29, 0.717) is 0 Å². The first kappa shape index (κ1) is 11.1. The molecule has 1 heterocycles. The van der Waals surface area contributed by atoms with Crippen molar-refractivity contribution in [1.82, 2.24) is 15.0 Å². The second-order valence-electron chi connectivity index (χ2n) is 4.67. The molecule has 0 saturated carbocycles. The Morgan fingerprint density at radius 2 is 1.69 bits per heavy atom. The lowest BCUT2D eigenvalue weighted by molar-refractivity contribution is 0.465. The Morgan fingerprint density at radius 3 is 2.25 bits per heavy atom. The lowest BCUT2D eigenvalue weighted by Crippen LogP contribution is -2.02. The second kappa shape index (κ2) is 5.10. The van der Waals surface area contributed by atoms with Crippen LogP contribution in [0.15, 0.2) is 24.3 Å². The second-order valence-corrected chi connectivity index (χ2v) is 4.67. The number of nitrogens with zero attached hydrogens (tertiary/aromatic N) is 3. The summed E-state index contributed by atoms with van der Waals surface area (Å²) in [4.78, 5) is 1.82. The molecule has 0 N–H and O–H groups in total. The van der Waals surface area contributed by atoms with E-state index in [9.17, 15) is 0 Å². The molecule has 0 aliphatic rings. The van der Waals surface area contributed by atoms with Crippen LogP contribution in [0, 0.1) is 5.92 Å². The highest BCUT2D eigenvalue weighted by atomic mass is 15.5. The van der Waals surface area contributed by atoms with Crippen LogP contribution in [0.3, 0.4) is 0 Å². The maximum Gasteiger partial charge on any atom is 0.113 e. The van der Waals surface area contributed by atoms with Crippen molar-refractivity contribution < 1.29 is 0 Å². The Morgan fingerprint density at radius 1 is 1.06 bits per heavy atom. The highest BCUT2D eigenvalue weighted by Crippen LogP contribution is 2.09. The summed E-state index contributed by atoms with van der Waals surface area (Å²) in [7, 11) is 0. The van der Waals surface area contributed by atoms with E-state index < -0.39 is 0 Å². The molecular formula is C13H19N3. The number of hydrogen-bond acceptors (Lipinski definition) is 2. The van der Waals surface area contributed by atoms with Gasteiger partial charge < -0.3 is 0 Å². The van der Waals surface area contributed by atoms with Crippen LogP contribution in [-0.4, -0.2) is 15.0 Å².